The first-order chi connectivity index (χ1) is 13.5. The number of carbonyl (C=O) groups excluding carboxylic acids is 2. The highest BCUT2D eigenvalue weighted by molar-refractivity contribution is 6.00. The number of methoxy groups -OCH3 is 3. The first-order valence-corrected chi connectivity index (χ1v) is 8.98. The highest BCUT2D eigenvalue weighted by atomic mass is 16.5. The fourth-order valence-electron chi connectivity index (χ4n) is 3.22. The maximum absolute atomic E-state index is 12.6. The van der Waals surface area contributed by atoms with Crippen LogP contribution in [-0.4, -0.2) is 39.7 Å². The molecule has 2 aromatic carbocycles. The van der Waals surface area contributed by atoms with Gasteiger partial charge in [0.15, 0.2) is 11.5 Å². The molecule has 0 saturated carbocycles. The van der Waals surface area contributed by atoms with E-state index in [0.717, 1.165) is 17.0 Å². The van der Waals surface area contributed by atoms with E-state index >= 15 is 0 Å². The highest BCUT2D eigenvalue weighted by Gasteiger charge is 2.35. The maximum Gasteiger partial charge on any atom is 0.227 e. The zero-order valence-corrected chi connectivity index (χ0v) is 16.2. The van der Waals surface area contributed by atoms with Gasteiger partial charge in [0, 0.05) is 25.2 Å². The lowest BCUT2D eigenvalue weighted by Gasteiger charge is -2.17. The number of hydrogen-bond acceptors (Lipinski definition) is 5. The number of amides is 2. The van der Waals surface area contributed by atoms with Gasteiger partial charge in [0.25, 0.3) is 0 Å². The SMILES string of the molecule is COc1ccc(N2C[C@@H](C(=O)NCc3ccc(OC)c(OC)c3)CC2=O)cc1. The highest BCUT2D eigenvalue weighted by Crippen LogP contribution is 2.28. The minimum absolute atomic E-state index is 0.0589. The summed E-state index contributed by atoms with van der Waals surface area (Å²) in [6.45, 7) is 0.718. The number of anilines is 1. The molecule has 0 bridgehead atoms. The van der Waals surface area contributed by atoms with Crippen LogP contribution in [0.2, 0.25) is 0 Å². The van der Waals surface area contributed by atoms with E-state index in [2.05, 4.69) is 5.32 Å². The Hall–Kier alpha value is -3.22. The summed E-state index contributed by atoms with van der Waals surface area (Å²) in [5.41, 5.74) is 1.66. The Morgan fingerprint density at radius 2 is 1.75 bits per heavy atom. The summed E-state index contributed by atoms with van der Waals surface area (Å²) in [7, 11) is 4.73. The molecule has 0 aliphatic carbocycles. The molecule has 3 rings (SSSR count). The molecule has 7 heteroatoms. The van der Waals surface area contributed by atoms with Crippen molar-refractivity contribution in [2.24, 2.45) is 5.92 Å². The number of nitrogens with zero attached hydrogens (tertiary/aromatic N) is 1. The Bertz CT molecular complexity index is 850. The third-order valence-electron chi connectivity index (χ3n) is 4.79. The van der Waals surface area contributed by atoms with Crippen molar-refractivity contribution < 1.29 is 23.8 Å². The van der Waals surface area contributed by atoms with E-state index in [4.69, 9.17) is 14.2 Å². The smallest absolute Gasteiger partial charge is 0.227 e. The molecular formula is C21H24N2O5. The standard InChI is InChI=1S/C21H24N2O5/c1-26-17-7-5-16(6-8-17)23-13-15(11-20(23)24)21(25)22-12-14-4-9-18(27-2)19(10-14)28-3/h4-10,15H,11-13H2,1-3H3,(H,22,25)/t15-/m0/s1. The molecule has 0 aromatic heterocycles. The summed E-state index contributed by atoms with van der Waals surface area (Å²) in [5, 5.41) is 2.91. The predicted octanol–water partition coefficient (Wildman–Crippen LogP) is 2.38. The molecule has 28 heavy (non-hydrogen) atoms. The largest absolute Gasteiger partial charge is 0.497 e. The second-order valence-electron chi connectivity index (χ2n) is 6.51. The van der Waals surface area contributed by atoms with Gasteiger partial charge in [0.05, 0.1) is 27.2 Å². The van der Waals surface area contributed by atoms with E-state index in [9.17, 15) is 9.59 Å². The van der Waals surface area contributed by atoms with E-state index in [0.29, 0.717) is 24.6 Å². The van der Waals surface area contributed by atoms with Crippen LogP contribution in [0.4, 0.5) is 5.69 Å². The molecule has 1 heterocycles. The van der Waals surface area contributed by atoms with Crippen LogP contribution in [0, 0.1) is 5.92 Å². The van der Waals surface area contributed by atoms with Crippen molar-refractivity contribution in [3.63, 3.8) is 0 Å². The van der Waals surface area contributed by atoms with Crippen LogP contribution >= 0.6 is 0 Å². The molecule has 0 unspecified atom stereocenters. The summed E-state index contributed by atoms with van der Waals surface area (Å²) < 4.78 is 15.6. The first-order valence-electron chi connectivity index (χ1n) is 8.98. The Morgan fingerprint density at radius 3 is 2.39 bits per heavy atom. The van der Waals surface area contributed by atoms with Gasteiger partial charge in [0.1, 0.15) is 5.75 Å². The molecule has 0 radical (unpaired) electrons. The van der Waals surface area contributed by atoms with Crippen molar-refractivity contribution in [3.05, 3.63) is 48.0 Å². The molecule has 7 nitrogen and oxygen atoms in total. The van der Waals surface area contributed by atoms with Crippen molar-refractivity contribution in [1.82, 2.24) is 5.32 Å². The average Bonchev–Trinajstić information content (AvgIpc) is 3.13. The van der Waals surface area contributed by atoms with Crippen LogP contribution in [0.5, 0.6) is 17.2 Å². The fraction of sp³-hybridized carbons (Fsp3) is 0.333. The van der Waals surface area contributed by atoms with Gasteiger partial charge in [-0.05, 0) is 42.0 Å². The van der Waals surface area contributed by atoms with Gasteiger partial charge in [-0.2, -0.15) is 0 Å². The minimum Gasteiger partial charge on any atom is -0.497 e. The van der Waals surface area contributed by atoms with Gasteiger partial charge in [-0.15, -0.1) is 0 Å². The van der Waals surface area contributed by atoms with Gasteiger partial charge < -0.3 is 24.4 Å². The summed E-state index contributed by atoms with van der Waals surface area (Å²) in [6.07, 6.45) is 0.198. The van der Waals surface area contributed by atoms with Gasteiger partial charge in [-0.1, -0.05) is 6.07 Å². The van der Waals surface area contributed by atoms with Crippen molar-refractivity contribution in [1.29, 1.82) is 0 Å². The number of carbonyl (C=O) groups is 2. The third kappa shape index (κ3) is 4.19. The Morgan fingerprint density at radius 1 is 1.04 bits per heavy atom. The molecule has 1 aliphatic heterocycles. The molecule has 1 N–H and O–H groups in total. The topological polar surface area (TPSA) is 77.1 Å². The van der Waals surface area contributed by atoms with Crippen LogP contribution in [-0.2, 0) is 16.1 Å². The number of rotatable bonds is 7. The molecule has 148 valence electrons. The zero-order chi connectivity index (χ0) is 20.1. The molecular weight excluding hydrogens is 360 g/mol. The molecule has 2 aromatic rings. The zero-order valence-electron chi connectivity index (χ0n) is 16.2. The van der Waals surface area contributed by atoms with Crippen LogP contribution < -0.4 is 24.4 Å². The molecule has 2 amide bonds. The average molecular weight is 384 g/mol. The molecule has 1 atom stereocenters. The second-order valence-corrected chi connectivity index (χ2v) is 6.51. The summed E-state index contributed by atoms with van der Waals surface area (Å²) in [6, 6.07) is 12.7. The van der Waals surface area contributed by atoms with Crippen molar-refractivity contribution in [2.45, 2.75) is 13.0 Å². The molecule has 1 aliphatic rings. The predicted molar refractivity (Wildman–Crippen MR) is 105 cm³/mol. The molecule has 1 saturated heterocycles. The van der Waals surface area contributed by atoms with Crippen molar-refractivity contribution >= 4 is 17.5 Å². The van der Waals surface area contributed by atoms with Crippen LogP contribution in [0.1, 0.15) is 12.0 Å². The Kier molecular flexibility index (Phi) is 6.03. The maximum atomic E-state index is 12.6. The lowest BCUT2D eigenvalue weighted by molar-refractivity contribution is -0.126. The Labute approximate surface area is 164 Å². The monoisotopic (exact) mass is 384 g/mol. The molecule has 0 spiro atoms. The van der Waals surface area contributed by atoms with E-state index in [1.807, 2.05) is 24.3 Å². The van der Waals surface area contributed by atoms with Crippen molar-refractivity contribution in [3.8, 4) is 17.2 Å². The van der Waals surface area contributed by atoms with Gasteiger partial charge in [-0.25, -0.2) is 0 Å². The van der Waals surface area contributed by atoms with E-state index < -0.39 is 0 Å². The van der Waals surface area contributed by atoms with E-state index in [1.165, 1.54) is 0 Å². The van der Waals surface area contributed by atoms with Gasteiger partial charge in [-0.3, -0.25) is 9.59 Å². The van der Waals surface area contributed by atoms with Gasteiger partial charge in [0.2, 0.25) is 11.8 Å². The van der Waals surface area contributed by atoms with Crippen LogP contribution in [0.3, 0.4) is 0 Å². The van der Waals surface area contributed by atoms with Crippen molar-refractivity contribution in [2.75, 3.05) is 32.8 Å². The number of ether oxygens (including phenoxy) is 3. The van der Waals surface area contributed by atoms with E-state index in [1.54, 1.807) is 44.4 Å². The fourth-order valence-corrected chi connectivity index (χ4v) is 3.22. The quantitative estimate of drug-likeness (QED) is 0.793. The van der Waals surface area contributed by atoms with E-state index in [-0.39, 0.29) is 24.2 Å². The third-order valence-corrected chi connectivity index (χ3v) is 4.79. The van der Waals surface area contributed by atoms with Crippen LogP contribution in [0.15, 0.2) is 42.5 Å². The lowest BCUT2D eigenvalue weighted by Crippen LogP contribution is -2.32. The van der Waals surface area contributed by atoms with Crippen LogP contribution in [0.25, 0.3) is 0 Å². The number of hydrogen-bond donors (Lipinski definition) is 1. The normalized spacial score (nSPS) is 16.0. The van der Waals surface area contributed by atoms with Gasteiger partial charge >= 0.3 is 0 Å². The molecule has 1 fully saturated rings. The summed E-state index contributed by atoms with van der Waals surface area (Å²) in [4.78, 5) is 26.5. The summed E-state index contributed by atoms with van der Waals surface area (Å²) in [5.74, 6) is 1.38. The second kappa shape index (κ2) is 8.65. The minimum atomic E-state index is -0.380. The number of benzene rings is 2. The lowest BCUT2D eigenvalue weighted by atomic mass is 10.1. The Balaban J connectivity index is 1.60. The summed E-state index contributed by atoms with van der Waals surface area (Å²) >= 11 is 0. The number of nitrogens with one attached hydrogen (secondary N) is 1. The first kappa shape index (κ1) is 19.5.